The van der Waals surface area contributed by atoms with E-state index < -0.39 is 200 Å². The molecule has 5 saturated heterocycles. The summed E-state index contributed by atoms with van der Waals surface area (Å²) in [6.45, 7) is 15.6. The molecule has 576 valence electrons. The van der Waals surface area contributed by atoms with Gasteiger partial charge in [-0.15, -0.1) is 0 Å². The van der Waals surface area contributed by atoms with Crippen LogP contribution in [0.15, 0.2) is 38.9 Å². The van der Waals surface area contributed by atoms with E-state index in [2.05, 4.69) is 27.0 Å². The fraction of sp³-hybridized carbons (Fsp3) is 0.839. The number of cyclic esters (lactones) is 1. The molecule has 0 bridgehead atoms. The number of hydrogen-bond donors (Lipinski definition) is 10. The first kappa shape index (κ1) is 101. The van der Waals surface area contributed by atoms with E-state index in [1.54, 1.807) is 41.5 Å². The first-order valence-corrected chi connectivity index (χ1v) is 37.7. The number of phosphoric ester groups is 2. The van der Waals surface area contributed by atoms with Crippen LogP contribution in [0.25, 0.3) is 0 Å². The molecule has 0 saturated carbocycles. The van der Waals surface area contributed by atoms with E-state index in [4.69, 9.17) is 43.6 Å². The number of carbonyl (C=O) groups is 1. The molecule has 40 nitrogen and oxygen atoms in total. The number of rotatable bonds is 21. The zero-order chi connectivity index (χ0) is 75.5. The molecular weight excluding hydrogens is 1510 g/mol. The molecular formula is C56H95N7Na4O33P4. The van der Waals surface area contributed by atoms with Gasteiger partial charge in [-0.05, 0) is 101 Å². The number of H-pyrrole nitrogens is 1. The number of esters is 1. The van der Waals surface area contributed by atoms with Crippen molar-refractivity contribution in [3.8, 4) is 0 Å². The molecule has 7 rings (SSSR count). The van der Waals surface area contributed by atoms with Crippen LogP contribution in [0, 0.1) is 17.8 Å². The van der Waals surface area contributed by atoms with Crippen LogP contribution in [-0.4, -0.2) is 245 Å². The van der Waals surface area contributed by atoms with Crippen LogP contribution in [0.2, 0.25) is 0 Å². The third-order valence-electron chi connectivity index (χ3n) is 18.4. The van der Waals surface area contributed by atoms with Crippen molar-refractivity contribution in [1.82, 2.24) is 28.9 Å². The second kappa shape index (κ2) is 41.3. The molecule has 5 aliphatic heterocycles. The number of hydrogen-bond acceptors (Lipinski definition) is 37. The van der Waals surface area contributed by atoms with Gasteiger partial charge in [-0.1, -0.05) is 20.8 Å². The molecule has 0 aromatic carbocycles. The summed E-state index contributed by atoms with van der Waals surface area (Å²) >= 11 is 0. The van der Waals surface area contributed by atoms with Gasteiger partial charge in [0.15, 0.2) is 18.8 Å². The Morgan fingerprint density at radius 2 is 1.29 bits per heavy atom. The number of likely N-dealkylation sites (N-methyl/N-ethyl adjacent to an activating group) is 2. The molecule has 48 heteroatoms. The summed E-state index contributed by atoms with van der Waals surface area (Å²) in [5.41, 5.74) is -1.80. The van der Waals surface area contributed by atoms with Gasteiger partial charge in [0.2, 0.25) is 0 Å². The van der Waals surface area contributed by atoms with Crippen molar-refractivity contribution in [2.45, 2.75) is 235 Å². The molecule has 2 aromatic rings. The fourth-order valence-electron chi connectivity index (χ4n) is 12.9. The number of phosphoric acid groups is 4. The number of carbonyl (C=O) groups excluding carboxylic acids is 1. The third kappa shape index (κ3) is 26.6. The standard InChI is InChI=1S/C38H72N2O12.C18H27N5O21P4.4Na/c1-15-27-38(10,46)31(42)24(6)40(13)19-20(2)17-36(8,45)33(52-35-29(41)26(39(11)12)16-21(3)48-35)22(4)30(23(5)34(44)50-27)51-28-18-37(9,47-14)32(43)25(7)49-28;19-11-1-3-22(17(28)20-11)13-5-8(24)9(40-13)6-38-45(30,31)42-47(34,35)44-48(36,37)43-46(32,33)39-7-10-14(26)15(27)16(41-10)23-4-2-12(25)21-18(23)29;;;;/h20-33,35,41-43,45-46H,15-19H2,1-14H3;1-4,8-10,13-16,24,26-27H,5-7H2,(H,30,31)(H,32,33)(H,34,35)(H,36,37)(H2,19,20,28)(H,21,25,29);;;;/q;;4*+1/p-4/t20-,21-,22+,23-,24-,25+,26+,27-,28+,29-,30+,31-,32+,33-,35+,36-,37-,38-;8-,9+,10+,13+,14+,15+,16+;;;;/m10..../s1. The average Bonchev–Trinajstić information content (AvgIpc) is 1.32. The number of ether oxygens (including phenoxy) is 8. The van der Waals surface area contributed by atoms with Crippen molar-refractivity contribution >= 4 is 43.1 Å². The normalized spacial score (nSPS) is 39.1. The zero-order valence-corrected chi connectivity index (χ0v) is 73.1. The van der Waals surface area contributed by atoms with E-state index in [0.29, 0.717) is 17.5 Å². The summed E-state index contributed by atoms with van der Waals surface area (Å²) in [6, 6.07) is 1.27. The largest absolute Gasteiger partial charge is 1.00 e. The van der Waals surface area contributed by atoms with E-state index >= 15 is 0 Å². The molecule has 0 spiro atoms. The predicted octanol–water partition coefficient (Wildman–Crippen LogP) is -15.5. The number of aromatic nitrogens is 4. The topological polar surface area (TPSA) is 582 Å². The Morgan fingerprint density at radius 3 is 1.83 bits per heavy atom. The summed E-state index contributed by atoms with van der Waals surface area (Å²) in [5, 5.41) is 88.5. The van der Waals surface area contributed by atoms with E-state index in [0.717, 1.165) is 16.8 Å². The maximum absolute atomic E-state index is 14.2. The molecule has 2 aromatic heterocycles. The monoisotopic (exact) mass is 1610 g/mol. The van der Waals surface area contributed by atoms with Gasteiger partial charge in [-0.3, -0.25) is 42.0 Å². The Balaban J connectivity index is 0.000000682. The number of methoxy groups -OCH3 is 1. The third-order valence-corrected chi connectivity index (χ3v) is 24.2. The summed E-state index contributed by atoms with van der Waals surface area (Å²) < 4.78 is 117. The molecule has 0 aliphatic carbocycles. The summed E-state index contributed by atoms with van der Waals surface area (Å²) in [4.78, 5) is 106. The molecule has 5 fully saturated rings. The molecule has 29 atom stereocenters. The SMILES string of the molecule is CC[C@H]1OC(=O)[C@H](C)[C@@H](O[C@H]2C[C@@](C)(OC)[C@@H](O)[C@H](C)O2)[C@H](C)[C@@H](O[C@@H]2O[C@H](C)C[C@H](N(C)C)[C@H]2O)[C@](C)(O)C[C@@H](C)CN(C)[C@H](C)[C@@H](O)[C@]1(C)O.Nc1ccn([C@H]2C[C@H](O)[C@@H](COP(=O)([O-])OP(=O)([O-])OP(=O)([O-])OP(=O)([O-])OC[C@H]3O[C@@H](n4ccc(=O)[nH]c4=O)[C@H](O)[C@@H]3O)O2)c(=O)n1.[Na+].[Na+].[Na+].[Na+]. The zero-order valence-electron chi connectivity index (χ0n) is 61.6. The van der Waals surface area contributed by atoms with Gasteiger partial charge in [0.05, 0.1) is 60.9 Å². The predicted molar refractivity (Wildman–Crippen MR) is 334 cm³/mol. The van der Waals surface area contributed by atoms with Crippen molar-refractivity contribution in [3.63, 3.8) is 0 Å². The van der Waals surface area contributed by atoms with E-state index in [1.165, 1.54) is 26.3 Å². The fourth-order valence-corrected chi connectivity index (χ4v) is 17.7. The average molecular weight is 1610 g/mol. The number of nitrogens with one attached hydrogen (secondary N) is 1. The Kier molecular flexibility index (Phi) is 40.0. The summed E-state index contributed by atoms with van der Waals surface area (Å²) in [7, 11) is -18.2. The quantitative estimate of drug-likeness (QED) is 0.0315. The number of aromatic amines is 1. The molecule has 5 aliphatic rings. The van der Waals surface area contributed by atoms with Crippen molar-refractivity contribution in [2.75, 3.05) is 53.7 Å². The van der Waals surface area contributed by atoms with Gasteiger partial charge >= 0.3 is 136 Å². The Hall–Kier alpha value is 0.710. The van der Waals surface area contributed by atoms with Gasteiger partial charge in [-0.2, -0.15) is 4.98 Å². The molecule has 0 radical (unpaired) electrons. The summed E-state index contributed by atoms with van der Waals surface area (Å²) in [6.07, 6.45) is -18.0. The minimum atomic E-state index is -6.59. The van der Waals surface area contributed by atoms with Crippen LogP contribution < -0.4 is 160 Å². The van der Waals surface area contributed by atoms with Crippen LogP contribution in [0.3, 0.4) is 0 Å². The van der Waals surface area contributed by atoms with Gasteiger partial charge in [0, 0.05) is 63.0 Å². The van der Waals surface area contributed by atoms with Crippen LogP contribution in [0.5, 0.6) is 0 Å². The summed E-state index contributed by atoms with van der Waals surface area (Å²) in [5.74, 6) is -2.71. The molecule has 0 amide bonds. The first-order chi connectivity index (χ1) is 46.0. The van der Waals surface area contributed by atoms with Crippen molar-refractivity contribution in [3.05, 3.63) is 55.8 Å². The number of nitrogen functional groups attached to an aromatic ring is 1. The number of aliphatic hydroxyl groups is 8. The Bertz CT molecular complexity index is 3470. The van der Waals surface area contributed by atoms with Crippen LogP contribution in [0.1, 0.15) is 114 Å². The van der Waals surface area contributed by atoms with Crippen molar-refractivity contribution in [1.29, 1.82) is 0 Å². The van der Waals surface area contributed by atoms with Gasteiger partial charge in [0.1, 0.15) is 66.5 Å². The second-order valence-electron chi connectivity index (χ2n) is 26.8. The van der Waals surface area contributed by atoms with Gasteiger partial charge in [0.25, 0.3) is 36.9 Å². The Labute approximate surface area is 689 Å². The number of aliphatic hydroxyl groups excluding tert-OH is 6. The van der Waals surface area contributed by atoms with Crippen molar-refractivity contribution < 1.29 is 262 Å². The maximum Gasteiger partial charge on any atom is 1.00 e. The Morgan fingerprint density at radius 1 is 0.731 bits per heavy atom. The van der Waals surface area contributed by atoms with E-state index in [9.17, 15) is 97.9 Å². The number of nitrogens with two attached hydrogens (primary N) is 1. The minimum Gasteiger partial charge on any atom is -0.756 e. The number of anilines is 1. The van der Waals surface area contributed by atoms with E-state index in [-0.39, 0.29) is 168 Å². The van der Waals surface area contributed by atoms with Gasteiger partial charge < -0.3 is 123 Å². The molecule has 11 N–H and O–H groups in total. The second-order valence-corrected chi connectivity index (χ2v) is 32.9. The molecule has 7 heterocycles. The van der Waals surface area contributed by atoms with E-state index in [1.807, 2.05) is 56.7 Å². The maximum atomic E-state index is 14.2. The minimum absolute atomic E-state index is 0. The van der Waals surface area contributed by atoms with Crippen molar-refractivity contribution in [2.24, 2.45) is 17.8 Å². The molecule has 104 heavy (non-hydrogen) atoms. The first-order valence-electron chi connectivity index (χ1n) is 31.9. The van der Waals surface area contributed by atoms with Crippen LogP contribution >= 0.6 is 31.3 Å². The van der Waals surface area contributed by atoms with Crippen LogP contribution in [-0.2, 0) is 82.9 Å². The number of nitrogens with zero attached hydrogens (tertiary/aromatic N) is 5. The smallest absolute Gasteiger partial charge is 0.756 e. The van der Waals surface area contributed by atoms with Crippen LogP contribution in [0.4, 0.5) is 5.82 Å². The van der Waals surface area contributed by atoms with Gasteiger partial charge in [-0.25, -0.2) is 22.5 Å². The molecule has 4 unspecified atom stereocenters.